The monoisotopic (exact) mass is 360 g/mol. The third-order valence-electron chi connectivity index (χ3n) is 4.32. The quantitative estimate of drug-likeness (QED) is 0.751. The van der Waals surface area contributed by atoms with Crippen molar-refractivity contribution >= 4 is 10.5 Å². The molecule has 1 fully saturated rings. The molecule has 1 aromatic rings. The van der Waals surface area contributed by atoms with Gasteiger partial charge in [-0.3, -0.25) is 4.18 Å². The zero-order chi connectivity index (χ0) is 17.8. The number of rotatable bonds is 6. The molecule has 2 atom stereocenters. The van der Waals surface area contributed by atoms with Crippen LogP contribution in [-0.2, 0) is 20.1 Å². The lowest BCUT2D eigenvalue weighted by Crippen LogP contribution is -2.40. The lowest BCUT2D eigenvalue weighted by molar-refractivity contribution is 0.0223. The van der Waals surface area contributed by atoms with E-state index in [1.165, 1.54) is 5.56 Å². The lowest BCUT2D eigenvalue weighted by atomic mass is 9.87. The van der Waals surface area contributed by atoms with Gasteiger partial charge in [0, 0.05) is 0 Å². The van der Waals surface area contributed by atoms with E-state index in [0.29, 0.717) is 6.42 Å². The maximum atomic E-state index is 12.4. The molecule has 1 aromatic carbocycles. The third-order valence-corrected chi connectivity index (χ3v) is 5.65. The number of hydrogen-bond acceptors (Lipinski definition) is 3. The van der Waals surface area contributed by atoms with Gasteiger partial charge in [-0.25, -0.2) is 8.60 Å². The molecule has 0 aliphatic heterocycles. The molecule has 0 radical (unpaired) electrons. The van der Waals surface area contributed by atoms with Crippen LogP contribution in [0.2, 0.25) is 0 Å². The SMILES string of the molecule is CC(C)(C)c1ccc(O[C@H]2CCCC[C@@H]2O[SH](=O)(O)CCF)cc1. The topological polar surface area (TPSA) is 55.8 Å². The van der Waals surface area contributed by atoms with E-state index < -0.39 is 29.0 Å². The van der Waals surface area contributed by atoms with Crippen molar-refractivity contribution in [1.29, 1.82) is 0 Å². The van der Waals surface area contributed by atoms with Gasteiger partial charge in [-0.05, 0) is 42.4 Å². The molecule has 1 saturated carbocycles. The Labute approximate surface area is 145 Å². The Hall–Kier alpha value is -0.980. The maximum Gasteiger partial charge on any atom is 0.126 e. The highest BCUT2D eigenvalue weighted by molar-refractivity contribution is 7.93. The summed E-state index contributed by atoms with van der Waals surface area (Å²) in [5.74, 6) is 0.262. The zero-order valence-corrected chi connectivity index (χ0v) is 15.6. The molecule has 0 aromatic heterocycles. The second-order valence-electron chi connectivity index (χ2n) is 7.41. The average Bonchev–Trinajstić information content (AvgIpc) is 2.48. The maximum absolute atomic E-state index is 12.4. The number of benzene rings is 1. The first-order chi connectivity index (χ1) is 11.2. The summed E-state index contributed by atoms with van der Waals surface area (Å²) >= 11 is 0. The average molecular weight is 360 g/mol. The number of thiol groups is 1. The first kappa shape index (κ1) is 19.3. The van der Waals surface area contributed by atoms with E-state index in [2.05, 4.69) is 20.8 Å². The molecule has 0 unspecified atom stereocenters. The van der Waals surface area contributed by atoms with E-state index >= 15 is 0 Å². The molecule has 0 bridgehead atoms. The van der Waals surface area contributed by atoms with Gasteiger partial charge in [0.15, 0.2) is 0 Å². The molecule has 1 aliphatic rings. The van der Waals surface area contributed by atoms with Crippen LogP contribution in [0, 0.1) is 0 Å². The highest BCUT2D eigenvalue weighted by atomic mass is 32.3. The third kappa shape index (κ3) is 5.53. The summed E-state index contributed by atoms with van der Waals surface area (Å²) in [5, 5.41) is 0. The van der Waals surface area contributed by atoms with Crippen LogP contribution < -0.4 is 4.74 Å². The van der Waals surface area contributed by atoms with Crippen LogP contribution in [0.15, 0.2) is 24.3 Å². The van der Waals surface area contributed by atoms with Crippen molar-refractivity contribution in [1.82, 2.24) is 0 Å². The van der Waals surface area contributed by atoms with E-state index in [1.54, 1.807) is 0 Å². The number of halogens is 1. The fraction of sp³-hybridized carbons (Fsp3) is 0.667. The van der Waals surface area contributed by atoms with Gasteiger partial charge in [-0.2, -0.15) is 0 Å². The second kappa shape index (κ2) is 7.93. The van der Waals surface area contributed by atoms with Crippen molar-refractivity contribution in [2.24, 2.45) is 0 Å². The fourth-order valence-electron chi connectivity index (χ4n) is 2.90. The molecule has 138 valence electrons. The molecule has 6 heteroatoms. The van der Waals surface area contributed by atoms with Crippen LogP contribution in [-0.4, -0.2) is 33.4 Å². The van der Waals surface area contributed by atoms with Crippen LogP contribution in [0.25, 0.3) is 0 Å². The van der Waals surface area contributed by atoms with E-state index in [4.69, 9.17) is 8.92 Å². The lowest BCUT2D eigenvalue weighted by Gasteiger charge is -2.34. The van der Waals surface area contributed by atoms with Gasteiger partial charge in [0.2, 0.25) is 0 Å². The standard InChI is InChI=1S/C18H29FO4S/c1-18(2,3)14-8-10-15(11-9-14)22-16-6-4-5-7-17(16)23-24(20,21)13-12-19/h8-11,16-17,24H,4-7,12-13H2,1-3H3,(H,20,21)/t16-,17-/m0/s1. The summed E-state index contributed by atoms with van der Waals surface area (Å²) in [6.07, 6.45) is 2.58. The summed E-state index contributed by atoms with van der Waals surface area (Å²) in [4.78, 5) is 0. The molecule has 4 nitrogen and oxygen atoms in total. The first-order valence-electron chi connectivity index (χ1n) is 8.55. The predicted octanol–water partition coefficient (Wildman–Crippen LogP) is 4.06. The molecule has 0 spiro atoms. The molecule has 0 saturated heterocycles. The van der Waals surface area contributed by atoms with Gasteiger partial charge >= 0.3 is 0 Å². The molecule has 1 N–H and O–H groups in total. The summed E-state index contributed by atoms with van der Waals surface area (Å²) in [7, 11) is -3.89. The highest BCUT2D eigenvalue weighted by Gasteiger charge is 2.31. The largest absolute Gasteiger partial charge is 0.488 e. The first-order valence-corrected chi connectivity index (χ1v) is 10.3. The van der Waals surface area contributed by atoms with E-state index in [-0.39, 0.29) is 11.5 Å². The minimum atomic E-state index is -3.89. The van der Waals surface area contributed by atoms with Crippen LogP contribution in [0.1, 0.15) is 52.0 Å². The molecule has 24 heavy (non-hydrogen) atoms. The minimum Gasteiger partial charge on any atom is -0.488 e. The van der Waals surface area contributed by atoms with Gasteiger partial charge in [0.25, 0.3) is 0 Å². The molecular weight excluding hydrogens is 331 g/mol. The van der Waals surface area contributed by atoms with Gasteiger partial charge in [0.05, 0.1) is 16.2 Å². The minimum absolute atomic E-state index is 0.0743. The molecule has 0 amide bonds. The molecule has 1 aliphatic carbocycles. The number of alkyl halides is 1. The van der Waals surface area contributed by atoms with Crippen molar-refractivity contribution in [3.05, 3.63) is 29.8 Å². The van der Waals surface area contributed by atoms with Crippen molar-refractivity contribution in [2.75, 3.05) is 12.4 Å². The second-order valence-corrected chi connectivity index (χ2v) is 9.34. The van der Waals surface area contributed by atoms with Crippen LogP contribution in [0.3, 0.4) is 0 Å². The Bertz CT molecular complexity index is 567. The predicted molar refractivity (Wildman–Crippen MR) is 95.9 cm³/mol. The van der Waals surface area contributed by atoms with E-state index in [1.807, 2.05) is 24.3 Å². The Balaban J connectivity index is 2.04. The Morgan fingerprint density at radius 1 is 1.17 bits per heavy atom. The summed E-state index contributed by atoms with van der Waals surface area (Å²) in [6, 6.07) is 7.92. The summed E-state index contributed by atoms with van der Waals surface area (Å²) < 4.78 is 45.3. The van der Waals surface area contributed by atoms with Gasteiger partial charge in [-0.1, -0.05) is 39.3 Å². The van der Waals surface area contributed by atoms with Gasteiger partial charge in [0.1, 0.15) is 24.6 Å². The summed E-state index contributed by atoms with van der Waals surface area (Å²) in [6.45, 7) is 5.59. The normalized spacial score (nSPS) is 23.0. The van der Waals surface area contributed by atoms with Crippen molar-refractivity contribution in [3.63, 3.8) is 0 Å². The number of ether oxygens (including phenoxy) is 1. The molecule has 0 heterocycles. The Morgan fingerprint density at radius 2 is 1.75 bits per heavy atom. The Morgan fingerprint density at radius 3 is 2.29 bits per heavy atom. The fourth-order valence-corrected chi connectivity index (χ4v) is 3.88. The smallest absolute Gasteiger partial charge is 0.126 e. The molecular formula is C18H29FO4S. The summed E-state index contributed by atoms with van der Waals surface area (Å²) in [5.41, 5.74) is 1.29. The Kier molecular flexibility index (Phi) is 6.39. The van der Waals surface area contributed by atoms with E-state index in [9.17, 15) is 13.2 Å². The van der Waals surface area contributed by atoms with Gasteiger partial charge < -0.3 is 9.29 Å². The van der Waals surface area contributed by atoms with Crippen molar-refractivity contribution in [2.45, 2.75) is 64.1 Å². The van der Waals surface area contributed by atoms with Crippen LogP contribution in [0.4, 0.5) is 4.39 Å². The highest BCUT2D eigenvalue weighted by Crippen LogP contribution is 2.29. The van der Waals surface area contributed by atoms with Crippen molar-refractivity contribution < 1.29 is 22.1 Å². The zero-order valence-electron chi connectivity index (χ0n) is 14.7. The number of hydrogen-bond donors (Lipinski definition) is 2. The van der Waals surface area contributed by atoms with Crippen LogP contribution >= 0.6 is 0 Å². The van der Waals surface area contributed by atoms with Crippen LogP contribution in [0.5, 0.6) is 5.75 Å². The van der Waals surface area contributed by atoms with E-state index in [0.717, 1.165) is 25.0 Å². The molecule has 2 rings (SSSR count). The van der Waals surface area contributed by atoms with Crippen molar-refractivity contribution in [3.8, 4) is 5.75 Å². The van der Waals surface area contributed by atoms with Gasteiger partial charge in [-0.15, -0.1) is 0 Å².